The van der Waals surface area contributed by atoms with E-state index in [0.717, 1.165) is 42.7 Å². The normalized spacial score (nSPS) is 32.3. The fourth-order valence-corrected chi connectivity index (χ4v) is 6.95. The van der Waals surface area contributed by atoms with Crippen molar-refractivity contribution in [2.45, 2.75) is 44.9 Å². The van der Waals surface area contributed by atoms with Crippen molar-refractivity contribution in [3.8, 4) is 5.75 Å². The predicted octanol–water partition coefficient (Wildman–Crippen LogP) is 2.76. The highest BCUT2D eigenvalue weighted by Crippen LogP contribution is 2.60. The second kappa shape index (κ2) is 7.78. The quantitative estimate of drug-likeness (QED) is 0.782. The van der Waals surface area contributed by atoms with Crippen molar-refractivity contribution in [2.75, 3.05) is 37.6 Å². The van der Waals surface area contributed by atoms with Crippen LogP contribution in [0.3, 0.4) is 0 Å². The van der Waals surface area contributed by atoms with Crippen molar-refractivity contribution in [3.63, 3.8) is 0 Å². The maximum atomic E-state index is 13.0. The molecule has 1 heterocycles. The van der Waals surface area contributed by atoms with E-state index in [4.69, 9.17) is 0 Å². The van der Waals surface area contributed by atoms with Crippen LogP contribution in [0.4, 0.5) is 5.69 Å². The molecule has 4 bridgehead atoms. The van der Waals surface area contributed by atoms with Crippen molar-refractivity contribution >= 4 is 17.5 Å². The summed E-state index contributed by atoms with van der Waals surface area (Å²) in [6, 6.07) is 7.33. The van der Waals surface area contributed by atoms with E-state index < -0.39 is 0 Å². The number of nitrogens with zero attached hydrogens (tertiary/aromatic N) is 2. The van der Waals surface area contributed by atoms with Gasteiger partial charge in [0.2, 0.25) is 11.8 Å². The summed E-state index contributed by atoms with van der Waals surface area (Å²) in [6.07, 6.45) is 7.55. The topological polar surface area (TPSA) is 72.9 Å². The molecule has 5 aliphatic rings. The van der Waals surface area contributed by atoms with Gasteiger partial charge in [-0.2, -0.15) is 0 Å². The maximum absolute atomic E-state index is 13.0. The van der Waals surface area contributed by atoms with Crippen LogP contribution in [0, 0.1) is 23.2 Å². The number of carbonyl (C=O) groups is 2. The van der Waals surface area contributed by atoms with Crippen LogP contribution in [0.25, 0.3) is 0 Å². The number of rotatable bonds is 5. The van der Waals surface area contributed by atoms with E-state index >= 15 is 0 Å². The number of hydrogen-bond acceptors (Lipinski definition) is 4. The second-order valence-corrected chi connectivity index (χ2v) is 10.1. The number of nitrogens with one attached hydrogen (secondary N) is 1. The molecule has 0 aromatic heterocycles. The first-order chi connectivity index (χ1) is 14.5. The summed E-state index contributed by atoms with van der Waals surface area (Å²) < 4.78 is 0. The largest absolute Gasteiger partial charge is 0.506 e. The Labute approximate surface area is 178 Å². The molecule has 1 saturated heterocycles. The summed E-state index contributed by atoms with van der Waals surface area (Å²) in [5, 5.41) is 13.2. The van der Waals surface area contributed by atoms with E-state index in [1.54, 1.807) is 6.07 Å². The minimum Gasteiger partial charge on any atom is -0.506 e. The zero-order chi connectivity index (χ0) is 20.7. The van der Waals surface area contributed by atoms with Crippen LogP contribution in [0.1, 0.15) is 44.9 Å². The number of amides is 2. The number of phenols is 1. The molecule has 2 N–H and O–H groups in total. The summed E-state index contributed by atoms with van der Waals surface area (Å²) in [6.45, 7) is 3.16. The highest BCUT2D eigenvalue weighted by Gasteiger charge is 2.54. The Morgan fingerprint density at radius 3 is 2.17 bits per heavy atom. The van der Waals surface area contributed by atoms with Gasteiger partial charge in [0, 0.05) is 44.6 Å². The van der Waals surface area contributed by atoms with E-state index in [1.165, 1.54) is 19.3 Å². The molecule has 1 aromatic carbocycles. The summed E-state index contributed by atoms with van der Waals surface area (Å²) in [5.41, 5.74) is 0.689. The van der Waals surface area contributed by atoms with Gasteiger partial charge in [0.1, 0.15) is 5.75 Å². The van der Waals surface area contributed by atoms with E-state index in [1.807, 2.05) is 23.1 Å². The number of piperazine rings is 1. The number of para-hydroxylation sites is 2. The Bertz CT molecular complexity index is 780. The standard InChI is InChI=1S/C24H33N3O3/c28-21-4-2-1-3-20(21)26-7-9-27(10-8-26)22(29)5-6-25-23(30)24-14-17-11-18(15-24)13-19(12-17)16-24/h1-4,17-19,28H,5-16H2,(H,25,30). The number of benzene rings is 1. The number of anilines is 1. The van der Waals surface area contributed by atoms with Crippen LogP contribution in [0.15, 0.2) is 24.3 Å². The third-order valence-corrected chi connectivity index (χ3v) is 8.00. The average molecular weight is 412 g/mol. The molecule has 1 aliphatic heterocycles. The summed E-state index contributed by atoms with van der Waals surface area (Å²) in [5.74, 6) is 2.86. The third-order valence-electron chi connectivity index (χ3n) is 8.00. The average Bonchev–Trinajstić information content (AvgIpc) is 2.73. The number of aromatic hydroxyl groups is 1. The highest BCUT2D eigenvalue weighted by molar-refractivity contribution is 5.84. The smallest absolute Gasteiger partial charge is 0.226 e. The van der Waals surface area contributed by atoms with Gasteiger partial charge in [-0.15, -0.1) is 0 Å². The van der Waals surface area contributed by atoms with E-state index in [2.05, 4.69) is 10.2 Å². The number of phenolic OH excluding ortho intramolecular Hbond substituents is 1. The Morgan fingerprint density at radius 2 is 1.57 bits per heavy atom. The molecule has 0 unspecified atom stereocenters. The molecule has 0 atom stereocenters. The molecular weight excluding hydrogens is 378 g/mol. The SMILES string of the molecule is O=C(CCNC(=O)C12CC3CC(CC(C3)C1)C2)N1CCN(c2ccccc2O)CC1. The van der Waals surface area contributed by atoms with Crippen molar-refractivity contribution in [1.29, 1.82) is 0 Å². The summed E-state index contributed by atoms with van der Waals surface area (Å²) in [7, 11) is 0. The van der Waals surface area contributed by atoms with Crippen LogP contribution >= 0.6 is 0 Å². The van der Waals surface area contributed by atoms with Crippen LogP contribution in [-0.4, -0.2) is 54.5 Å². The van der Waals surface area contributed by atoms with Gasteiger partial charge in [-0.3, -0.25) is 9.59 Å². The fraction of sp³-hybridized carbons (Fsp3) is 0.667. The maximum Gasteiger partial charge on any atom is 0.226 e. The Kier molecular flexibility index (Phi) is 5.11. The molecule has 6 rings (SSSR count). The lowest BCUT2D eigenvalue weighted by molar-refractivity contribution is -0.146. The van der Waals surface area contributed by atoms with Gasteiger partial charge in [0.15, 0.2) is 0 Å². The molecule has 0 spiro atoms. The Hall–Kier alpha value is -2.24. The monoisotopic (exact) mass is 411 g/mol. The van der Waals surface area contributed by atoms with Crippen LogP contribution in [0.5, 0.6) is 5.75 Å². The molecule has 4 saturated carbocycles. The first kappa shape index (κ1) is 19.7. The van der Waals surface area contributed by atoms with Crippen molar-refractivity contribution < 1.29 is 14.7 Å². The molecule has 6 nitrogen and oxygen atoms in total. The lowest BCUT2D eigenvalue weighted by Crippen LogP contribution is -2.54. The second-order valence-electron chi connectivity index (χ2n) is 10.1. The van der Waals surface area contributed by atoms with E-state index in [0.29, 0.717) is 39.1 Å². The van der Waals surface area contributed by atoms with Gasteiger partial charge in [-0.1, -0.05) is 12.1 Å². The van der Waals surface area contributed by atoms with Crippen LogP contribution < -0.4 is 10.2 Å². The molecule has 0 radical (unpaired) electrons. The Balaban J connectivity index is 1.08. The van der Waals surface area contributed by atoms with Gasteiger partial charge in [-0.05, 0) is 68.4 Å². The van der Waals surface area contributed by atoms with Gasteiger partial charge in [0.25, 0.3) is 0 Å². The predicted molar refractivity (Wildman–Crippen MR) is 115 cm³/mol. The van der Waals surface area contributed by atoms with Gasteiger partial charge >= 0.3 is 0 Å². The Morgan fingerprint density at radius 1 is 0.967 bits per heavy atom. The molecule has 30 heavy (non-hydrogen) atoms. The third kappa shape index (κ3) is 3.65. The van der Waals surface area contributed by atoms with Gasteiger partial charge < -0.3 is 20.2 Å². The molecule has 5 fully saturated rings. The first-order valence-corrected chi connectivity index (χ1v) is 11.6. The highest BCUT2D eigenvalue weighted by atomic mass is 16.3. The minimum atomic E-state index is -0.138. The van der Waals surface area contributed by atoms with Crippen molar-refractivity contribution in [2.24, 2.45) is 23.2 Å². The minimum absolute atomic E-state index is 0.109. The van der Waals surface area contributed by atoms with Crippen LogP contribution in [-0.2, 0) is 9.59 Å². The summed E-state index contributed by atoms with van der Waals surface area (Å²) >= 11 is 0. The first-order valence-electron chi connectivity index (χ1n) is 11.6. The fourth-order valence-electron chi connectivity index (χ4n) is 6.95. The van der Waals surface area contributed by atoms with E-state index in [-0.39, 0.29) is 23.0 Å². The lowest BCUT2D eigenvalue weighted by Gasteiger charge is -2.55. The van der Waals surface area contributed by atoms with Crippen molar-refractivity contribution in [3.05, 3.63) is 24.3 Å². The molecular formula is C24H33N3O3. The van der Waals surface area contributed by atoms with Gasteiger partial charge in [-0.25, -0.2) is 0 Å². The molecule has 2 amide bonds. The lowest BCUT2D eigenvalue weighted by atomic mass is 9.49. The van der Waals surface area contributed by atoms with Crippen molar-refractivity contribution in [1.82, 2.24) is 10.2 Å². The molecule has 162 valence electrons. The zero-order valence-corrected chi connectivity index (χ0v) is 17.7. The number of carbonyl (C=O) groups excluding carboxylic acids is 2. The summed E-state index contributed by atoms with van der Waals surface area (Å²) in [4.78, 5) is 29.7. The number of hydrogen-bond donors (Lipinski definition) is 2. The zero-order valence-electron chi connectivity index (χ0n) is 17.7. The molecule has 4 aliphatic carbocycles. The van der Waals surface area contributed by atoms with Gasteiger partial charge in [0.05, 0.1) is 5.69 Å². The van der Waals surface area contributed by atoms with E-state index in [9.17, 15) is 14.7 Å². The van der Waals surface area contributed by atoms with Crippen LogP contribution in [0.2, 0.25) is 0 Å². The molecule has 1 aromatic rings. The molecule has 6 heteroatoms.